The second-order valence-corrected chi connectivity index (χ2v) is 3.14. The average Bonchev–Trinajstić information content (AvgIpc) is 2.12. The summed E-state index contributed by atoms with van der Waals surface area (Å²) in [6.07, 6.45) is 1.88. The van der Waals surface area contributed by atoms with Crippen molar-refractivity contribution in [3.05, 3.63) is 34.2 Å². The van der Waals surface area contributed by atoms with E-state index in [1.807, 2.05) is 31.2 Å². The zero-order valence-corrected chi connectivity index (χ0v) is 8.98. The summed E-state index contributed by atoms with van der Waals surface area (Å²) in [7, 11) is 0. The normalized spacial score (nSPS) is 10.7. The van der Waals surface area contributed by atoms with E-state index in [4.69, 9.17) is 16.3 Å². The van der Waals surface area contributed by atoms with E-state index < -0.39 is 0 Å². The molecule has 0 aliphatic carbocycles. The van der Waals surface area contributed by atoms with Crippen molar-refractivity contribution in [1.29, 1.82) is 0 Å². The van der Waals surface area contributed by atoms with Gasteiger partial charge in [-0.1, -0.05) is 17.7 Å². The number of halogens is 1. The number of hydrogen-bond donors (Lipinski definition) is 1. The molecule has 0 aliphatic rings. The molecule has 0 heterocycles. The average molecular weight is 215 g/mol. The fraction of sp³-hybridized carbons (Fsp3) is 0.200. The van der Waals surface area contributed by atoms with Crippen molar-refractivity contribution in [3.8, 4) is 5.75 Å². The van der Waals surface area contributed by atoms with E-state index in [9.17, 15) is 0 Å². The smallest absolute Gasteiger partial charge is 0.138 e. The third kappa shape index (κ3) is 2.98. The first kappa shape index (κ1) is 10.5. The second-order valence-electron chi connectivity index (χ2n) is 2.44. The van der Waals surface area contributed by atoms with Crippen LogP contribution in [0.5, 0.6) is 5.75 Å². The third-order valence-corrected chi connectivity index (χ3v) is 1.98. The molecule has 3 heteroatoms. The minimum absolute atomic E-state index is 0.619. The molecular formula is C10H11ClOS. The van der Waals surface area contributed by atoms with Crippen LogP contribution in [0.1, 0.15) is 12.5 Å². The standard InChI is InChI=1S/C10H11ClOS/c1-2-12-10-7-8(5-6-13)3-4-9(10)11/h3-7,13H,2H2,1H3/b6-5+. The lowest BCUT2D eigenvalue weighted by Crippen LogP contribution is -1.92. The highest BCUT2D eigenvalue weighted by atomic mass is 35.5. The summed E-state index contributed by atoms with van der Waals surface area (Å²) in [5.41, 5.74) is 1.03. The van der Waals surface area contributed by atoms with Crippen molar-refractivity contribution in [2.24, 2.45) is 0 Å². The van der Waals surface area contributed by atoms with Crippen molar-refractivity contribution < 1.29 is 4.74 Å². The number of benzene rings is 1. The molecule has 1 aromatic carbocycles. The van der Waals surface area contributed by atoms with Crippen molar-refractivity contribution in [3.63, 3.8) is 0 Å². The maximum absolute atomic E-state index is 5.91. The van der Waals surface area contributed by atoms with Crippen LogP contribution in [-0.2, 0) is 0 Å². The summed E-state index contributed by atoms with van der Waals surface area (Å²) in [6.45, 7) is 2.55. The lowest BCUT2D eigenvalue weighted by Gasteiger charge is -2.05. The predicted molar refractivity (Wildman–Crippen MR) is 60.6 cm³/mol. The molecule has 1 nitrogen and oxygen atoms in total. The van der Waals surface area contributed by atoms with Gasteiger partial charge in [0, 0.05) is 0 Å². The van der Waals surface area contributed by atoms with Crippen LogP contribution in [0.2, 0.25) is 5.02 Å². The number of hydrogen-bond acceptors (Lipinski definition) is 2. The van der Waals surface area contributed by atoms with E-state index in [0.717, 1.165) is 5.56 Å². The molecule has 0 bridgehead atoms. The quantitative estimate of drug-likeness (QED) is 0.756. The van der Waals surface area contributed by atoms with Crippen LogP contribution in [-0.4, -0.2) is 6.61 Å². The Bertz CT molecular complexity index is 310. The van der Waals surface area contributed by atoms with E-state index in [1.165, 1.54) is 0 Å². The molecule has 1 rings (SSSR count). The molecule has 0 spiro atoms. The SMILES string of the molecule is CCOc1cc(/C=C/S)ccc1Cl. The van der Waals surface area contributed by atoms with E-state index >= 15 is 0 Å². The Morgan fingerprint density at radius 3 is 2.92 bits per heavy atom. The summed E-state index contributed by atoms with van der Waals surface area (Å²) in [6, 6.07) is 5.62. The first-order chi connectivity index (χ1) is 6.27. The molecule has 70 valence electrons. The van der Waals surface area contributed by atoms with E-state index in [0.29, 0.717) is 17.4 Å². The number of ether oxygens (including phenoxy) is 1. The molecule has 0 aromatic heterocycles. The van der Waals surface area contributed by atoms with E-state index in [-0.39, 0.29) is 0 Å². The Morgan fingerprint density at radius 1 is 1.54 bits per heavy atom. The molecule has 0 fully saturated rings. The lowest BCUT2D eigenvalue weighted by molar-refractivity contribution is 0.340. The minimum Gasteiger partial charge on any atom is -0.492 e. The van der Waals surface area contributed by atoms with Crippen LogP contribution >= 0.6 is 24.2 Å². The van der Waals surface area contributed by atoms with Crippen LogP contribution in [0.3, 0.4) is 0 Å². The lowest BCUT2D eigenvalue weighted by atomic mass is 10.2. The Labute approximate surface area is 88.8 Å². The van der Waals surface area contributed by atoms with E-state index in [2.05, 4.69) is 12.6 Å². The van der Waals surface area contributed by atoms with Gasteiger partial charge in [0.25, 0.3) is 0 Å². The molecule has 0 atom stereocenters. The molecule has 0 saturated heterocycles. The monoisotopic (exact) mass is 214 g/mol. The summed E-state index contributed by atoms with van der Waals surface area (Å²) in [5.74, 6) is 0.716. The largest absolute Gasteiger partial charge is 0.492 e. The molecule has 13 heavy (non-hydrogen) atoms. The maximum Gasteiger partial charge on any atom is 0.138 e. The van der Waals surface area contributed by atoms with Gasteiger partial charge in [-0.05, 0) is 36.1 Å². The Morgan fingerprint density at radius 2 is 2.31 bits per heavy atom. The molecule has 0 amide bonds. The van der Waals surface area contributed by atoms with Gasteiger partial charge < -0.3 is 4.74 Å². The van der Waals surface area contributed by atoms with E-state index in [1.54, 1.807) is 5.41 Å². The predicted octanol–water partition coefficient (Wildman–Crippen LogP) is 3.64. The molecule has 0 radical (unpaired) electrons. The molecule has 0 unspecified atom stereocenters. The summed E-state index contributed by atoms with van der Waals surface area (Å²) in [4.78, 5) is 0. The summed E-state index contributed by atoms with van der Waals surface area (Å²) in [5, 5.41) is 2.32. The van der Waals surface area contributed by atoms with Crippen LogP contribution in [0.25, 0.3) is 6.08 Å². The van der Waals surface area contributed by atoms with Gasteiger partial charge in [0.1, 0.15) is 5.75 Å². The molecule has 0 aliphatic heterocycles. The highest BCUT2D eigenvalue weighted by Gasteiger charge is 2.00. The summed E-state index contributed by atoms with van der Waals surface area (Å²) >= 11 is 9.90. The topological polar surface area (TPSA) is 9.23 Å². The van der Waals surface area contributed by atoms with Gasteiger partial charge in [0.05, 0.1) is 11.6 Å². The molecular weight excluding hydrogens is 204 g/mol. The number of thiol groups is 1. The first-order valence-corrected chi connectivity index (χ1v) is 4.90. The third-order valence-electron chi connectivity index (χ3n) is 1.52. The minimum atomic E-state index is 0.619. The van der Waals surface area contributed by atoms with Crippen molar-refractivity contribution in [2.45, 2.75) is 6.92 Å². The van der Waals surface area contributed by atoms with Crippen LogP contribution in [0.15, 0.2) is 23.6 Å². The van der Waals surface area contributed by atoms with Gasteiger partial charge in [-0.15, -0.1) is 0 Å². The van der Waals surface area contributed by atoms with Crippen LogP contribution in [0.4, 0.5) is 0 Å². The molecule has 0 saturated carbocycles. The van der Waals surface area contributed by atoms with Gasteiger partial charge >= 0.3 is 0 Å². The zero-order chi connectivity index (χ0) is 9.68. The van der Waals surface area contributed by atoms with Crippen LogP contribution < -0.4 is 4.74 Å². The number of rotatable bonds is 3. The van der Waals surface area contributed by atoms with Gasteiger partial charge in [0.2, 0.25) is 0 Å². The highest BCUT2D eigenvalue weighted by molar-refractivity contribution is 7.83. The van der Waals surface area contributed by atoms with Gasteiger partial charge in [-0.2, -0.15) is 12.6 Å². The Kier molecular flexibility index (Phi) is 4.19. The highest BCUT2D eigenvalue weighted by Crippen LogP contribution is 2.25. The molecule has 1 aromatic rings. The zero-order valence-electron chi connectivity index (χ0n) is 7.33. The van der Waals surface area contributed by atoms with Gasteiger partial charge in [0.15, 0.2) is 0 Å². The Hall–Kier alpha value is -0.600. The fourth-order valence-corrected chi connectivity index (χ4v) is 1.32. The van der Waals surface area contributed by atoms with Crippen molar-refractivity contribution in [2.75, 3.05) is 6.61 Å². The van der Waals surface area contributed by atoms with Crippen LogP contribution in [0, 0.1) is 0 Å². The van der Waals surface area contributed by atoms with Gasteiger partial charge in [-0.25, -0.2) is 0 Å². The molecule has 0 N–H and O–H groups in total. The first-order valence-electron chi connectivity index (χ1n) is 4.01. The van der Waals surface area contributed by atoms with Crippen molar-refractivity contribution >= 4 is 30.3 Å². The second kappa shape index (κ2) is 5.20. The Balaban J connectivity index is 2.96. The van der Waals surface area contributed by atoms with Crippen molar-refractivity contribution in [1.82, 2.24) is 0 Å². The fourth-order valence-electron chi connectivity index (χ4n) is 0.976. The summed E-state index contributed by atoms with van der Waals surface area (Å²) < 4.78 is 5.33. The maximum atomic E-state index is 5.91. The van der Waals surface area contributed by atoms with Gasteiger partial charge in [-0.3, -0.25) is 0 Å².